The molecule has 1 aliphatic heterocycles. The first kappa shape index (κ1) is 28.8. The fraction of sp³-hybridized carbons (Fsp3) is 0.387. The van der Waals surface area contributed by atoms with Crippen LogP contribution >= 0.6 is 0 Å². The molecule has 0 spiro atoms. The number of rotatable bonds is 12. The van der Waals surface area contributed by atoms with Gasteiger partial charge in [-0.05, 0) is 73.6 Å². The van der Waals surface area contributed by atoms with Crippen LogP contribution in [0.5, 0.6) is 5.75 Å². The second-order valence-electron chi connectivity index (χ2n) is 10.2. The molecule has 39 heavy (non-hydrogen) atoms. The minimum absolute atomic E-state index is 0.0897. The second kappa shape index (κ2) is 12.8. The van der Waals surface area contributed by atoms with E-state index in [9.17, 15) is 13.2 Å². The lowest BCUT2D eigenvalue weighted by atomic mass is 9.95. The summed E-state index contributed by atoms with van der Waals surface area (Å²) in [6.07, 6.45) is 2.02. The lowest BCUT2D eigenvalue weighted by Crippen LogP contribution is -2.57. The van der Waals surface area contributed by atoms with Gasteiger partial charge in [-0.1, -0.05) is 54.1 Å². The Kier molecular flexibility index (Phi) is 9.43. The highest BCUT2D eigenvalue weighted by Gasteiger charge is 2.51. The second-order valence-corrected chi connectivity index (χ2v) is 12.4. The molecule has 1 fully saturated rings. The van der Waals surface area contributed by atoms with Crippen LogP contribution in [0.15, 0.2) is 77.7 Å². The molecule has 2 N–H and O–H groups in total. The quantitative estimate of drug-likeness (QED) is 0.336. The number of carbonyl (C=O) groups excluding carboxylic acids is 1. The van der Waals surface area contributed by atoms with Gasteiger partial charge in [0.15, 0.2) is 14.6 Å². The number of hydrogen-bond donors (Lipinski definition) is 1. The summed E-state index contributed by atoms with van der Waals surface area (Å²) in [4.78, 5) is 14.6. The van der Waals surface area contributed by atoms with Crippen molar-refractivity contribution in [3.8, 4) is 16.9 Å². The Morgan fingerprint density at radius 2 is 1.64 bits per heavy atom. The van der Waals surface area contributed by atoms with Gasteiger partial charge in [-0.2, -0.15) is 0 Å². The van der Waals surface area contributed by atoms with E-state index < -0.39 is 20.5 Å². The Labute approximate surface area is 231 Å². The molecule has 8 heteroatoms. The van der Waals surface area contributed by atoms with Gasteiger partial charge in [0, 0.05) is 26.7 Å². The van der Waals surface area contributed by atoms with Crippen molar-refractivity contribution in [3.63, 3.8) is 0 Å². The first-order valence-electron chi connectivity index (χ1n) is 13.4. The Morgan fingerprint density at radius 3 is 2.28 bits per heavy atom. The largest absolute Gasteiger partial charge is 0.494 e. The summed E-state index contributed by atoms with van der Waals surface area (Å²) < 4.78 is 36.5. The van der Waals surface area contributed by atoms with E-state index >= 15 is 0 Å². The zero-order valence-corrected chi connectivity index (χ0v) is 23.6. The number of hydrogen-bond acceptors (Lipinski definition) is 6. The summed E-state index contributed by atoms with van der Waals surface area (Å²) in [7, 11) is -2.34. The first-order chi connectivity index (χ1) is 18.7. The zero-order chi connectivity index (χ0) is 27.9. The molecule has 4 rings (SSSR count). The molecule has 0 aliphatic carbocycles. The molecule has 1 aliphatic rings. The highest BCUT2D eigenvalue weighted by Crippen LogP contribution is 2.36. The van der Waals surface area contributed by atoms with Crippen LogP contribution in [0.4, 0.5) is 0 Å². The van der Waals surface area contributed by atoms with Gasteiger partial charge in [0.2, 0.25) is 5.91 Å². The molecule has 3 aromatic carbocycles. The van der Waals surface area contributed by atoms with E-state index in [4.69, 9.17) is 15.2 Å². The fourth-order valence-corrected chi connectivity index (χ4v) is 7.00. The highest BCUT2D eigenvalue weighted by atomic mass is 32.2. The minimum Gasteiger partial charge on any atom is -0.494 e. The fourth-order valence-electron chi connectivity index (χ4n) is 5.07. The van der Waals surface area contributed by atoms with Gasteiger partial charge in [-0.3, -0.25) is 4.79 Å². The molecule has 0 aromatic heterocycles. The standard InChI is InChI=1S/C31H38N2O5S/c1-24-8-10-26(11-9-24)27-7-3-5-25(23-27)6-4-21-38-28-12-14-29(15-13-28)39(35,36)31(30(32)34)16-18-33(19-17-31)20-22-37-2/h3,5,7-15,23H,4,6,16-22H2,1-2H3,(H2,32,34). The Hall–Kier alpha value is -3.20. The van der Waals surface area contributed by atoms with Gasteiger partial charge in [0.05, 0.1) is 18.1 Å². The van der Waals surface area contributed by atoms with E-state index in [-0.39, 0.29) is 17.7 Å². The van der Waals surface area contributed by atoms with E-state index in [1.54, 1.807) is 19.2 Å². The number of sulfone groups is 1. The lowest BCUT2D eigenvalue weighted by Gasteiger charge is -2.38. The monoisotopic (exact) mass is 550 g/mol. The number of primary amides is 1. The number of carbonyl (C=O) groups is 1. The Bertz CT molecular complexity index is 1350. The third kappa shape index (κ3) is 6.69. The molecule has 0 bridgehead atoms. The van der Waals surface area contributed by atoms with Crippen LogP contribution in [0.2, 0.25) is 0 Å². The van der Waals surface area contributed by atoms with Crippen molar-refractivity contribution in [2.24, 2.45) is 5.73 Å². The van der Waals surface area contributed by atoms with Gasteiger partial charge in [-0.15, -0.1) is 0 Å². The molecule has 0 saturated carbocycles. The van der Waals surface area contributed by atoms with Crippen LogP contribution in [0.25, 0.3) is 11.1 Å². The van der Waals surface area contributed by atoms with Gasteiger partial charge < -0.3 is 20.1 Å². The van der Waals surface area contributed by atoms with Gasteiger partial charge in [-0.25, -0.2) is 8.42 Å². The summed E-state index contributed by atoms with van der Waals surface area (Å²) in [6, 6.07) is 23.3. The maximum absolute atomic E-state index is 13.6. The summed E-state index contributed by atoms with van der Waals surface area (Å²) >= 11 is 0. The Balaban J connectivity index is 1.33. The third-order valence-corrected chi connectivity index (χ3v) is 10.1. The predicted octanol–water partition coefficient (Wildman–Crippen LogP) is 4.41. The van der Waals surface area contributed by atoms with E-state index in [2.05, 4.69) is 60.4 Å². The van der Waals surface area contributed by atoms with Crippen molar-refractivity contribution in [1.82, 2.24) is 4.90 Å². The number of nitrogens with zero attached hydrogens (tertiary/aromatic N) is 1. The van der Waals surface area contributed by atoms with Crippen LogP contribution in [0, 0.1) is 6.92 Å². The maximum Gasteiger partial charge on any atom is 0.239 e. The average Bonchev–Trinajstić information content (AvgIpc) is 2.95. The summed E-state index contributed by atoms with van der Waals surface area (Å²) in [6.45, 7) is 4.77. The van der Waals surface area contributed by atoms with Crippen molar-refractivity contribution in [3.05, 3.63) is 83.9 Å². The Morgan fingerprint density at radius 1 is 0.949 bits per heavy atom. The van der Waals surface area contributed by atoms with Gasteiger partial charge in [0.25, 0.3) is 0 Å². The van der Waals surface area contributed by atoms with Crippen LogP contribution in [-0.2, 0) is 25.8 Å². The topological polar surface area (TPSA) is 98.9 Å². The molecule has 0 atom stereocenters. The number of nitrogens with two attached hydrogens (primary N) is 1. The average molecular weight is 551 g/mol. The lowest BCUT2D eigenvalue weighted by molar-refractivity contribution is -0.121. The zero-order valence-electron chi connectivity index (χ0n) is 22.8. The number of likely N-dealkylation sites (tertiary alicyclic amines) is 1. The summed E-state index contributed by atoms with van der Waals surface area (Å²) in [5, 5.41) is 0. The van der Waals surface area contributed by atoms with Crippen molar-refractivity contribution < 1.29 is 22.7 Å². The van der Waals surface area contributed by atoms with Crippen molar-refractivity contribution >= 4 is 15.7 Å². The number of ether oxygens (including phenoxy) is 2. The van der Waals surface area contributed by atoms with E-state index in [0.717, 1.165) is 12.8 Å². The molecule has 0 radical (unpaired) electrons. The molecular weight excluding hydrogens is 512 g/mol. The molecule has 1 amide bonds. The molecule has 1 heterocycles. The van der Waals surface area contributed by atoms with E-state index in [1.165, 1.54) is 34.4 Å². The van der Waals surface area contributed by atoms with Crippen LogP contribution in [0.1, 0.15) is 30.4 Å². The summed E-state index contributed by atoms with van der Waals surface area (Å²) in [5.74, 6) is -0.203. The maximum atomic E-state index is 13.6. The number of piperidine rings is 1. The van der Waals surface area contributed by atoms with Gasteiger partial charge in [0.1, 0.15) is 5.75 Å². The molecule has 208 valence electrons. The predicted molar refractivity (Wildman–Crippen MR) is 154 cm³/mol. The first-order valence-corrected chi connectivity index (χ1v) is 14.9. The molecule has 7 nitrogen and oxygen atoms in total. The summed E-state index contributed by atoms with van der Waals surface area (Å²) in [5.41, 5.74) is 10.6. The van der Waals surface area contributed by atoms with Crippen LogP contribution in [-0.4, -0.2) is 63.9 Å². The van der Waals surface area contributed by atoms with Crippen molar-refractivity contribution in [2.45, 2.75) is 42.2 Å². The highest BCUT2D eigenvalue weighted by molar-refractivity contribution is 7.93. The van der Waals surface area contributed by atoms with E-state index in [1.807, 2.05) is 0 Å². The molecular formula is C31H38N2O5S. The van der Waals surface area contributed by atoms with E-state index in [0.29, 0.717) is 38.6 Å². The number of amides is 1. The smallest absolute Gasteiger partial charge is 0.239 e. The number of benzene rings is 3. The molecule has 3 aromatic rings. The molecule has 1 saturated heterocycles. The van der Waals surface area contributed by atoms with Crippen molar-refractivity contribution in [1.29, 1.82) is 0 Å². The number of methoxy groups -OCH3 is 1. The van der Waals surface area contributed by atoms with Crippen molar-refractivity contribution in [2.75, 3.05) is 40.0 Å². The minimum atomic E-state index is -3.96. The third-order valence-electron chi connectivity index (χ3n) is 7.56. The normalized spacial score (nSPS) is 15.6. The number of aryl methyl sites for hydroxylation is 2. The van der Waals surface area contributed by atoms with Gasteiger partial charge >= 0.3 is 0 Å². The van der Waals surface area contributed by atoms with Crippen LogP contribution < -0.4 is 10.5 Å². The molecule has 0 unspecified atom stereocenters. The van der Waals surface area contributed by atoms with Crippen LogP contribution in [0.3, 0.4) is 0 Å². The SMILES string of the molecule is COCCN1CCC(C(N)=O)(S(=O)(=O)c2ccc(OCCCc3cccc(-c4ccc(C)cc4)c3)cc2)CC1.